The van der Waals surface area contributed by atoms with Gasteiger partial charge in [0.25, 0.3) is 0 Å². The van der Waals surface area contributed by atoms with E-state index in [0.717, 1.165) is 0 Å². The van der Waals surface area contributed by atoms with Crippen LogP contribution >= 0.6 is 15.1 Å². The normalized spacial score (nSPS) is 11.9. The van der Waals surface area contributed by atoms with Gasteiger partial charge in [-0.1, -0.05) is 97.1 Å². The zero-order valence-corrected chi connectivity index (χ0v) is 17.3. The Balaban J connectivity index is 1.53. The first kappa shape index (κ1) is 16.4. The van der Waals surface area contributed by atoms with Crippen LogP contribution in [0, 0.1) is 0 Å². The molecule has 0 spiro atoms. The lowest BCUT2D eigenvalue weighted by Gasteiger charge is -2.06. The fourth-order valence-electron chi connectivity index (χ4n) is 4.69. The second kappa shape index (κ2) is 6.52. The topological polar surface area (TPSA) is 0 Å². The maximum atomic E-state index is 2.37. The summed E-state index contributed by atoms with van der Waals surface area (Å²) in [6.45, 7) is 0. The molecule has 28 heavy (non-hydrogen) atoms. The molecule has 0 fully saturated rings. The number of hydrogen-bond acceptors (Lipinski definition) is 0. The number of fused-ring (bicyclic) bond motifs is 6. The maximum Gasteiger partial charge on any atom is 0.00240 e. The van der Waals surface area contributed by atoms with Gasteiger partial charge in [0.05, 0.1) is 0 Å². The van der Waals surface area contributed by atoms with E-state index in [4.69, 9.17) is 0 Å². The zero-order chi connectivity index (χ0) is 18.5. The maximum absolute atomic E-state index is 2.37. The van der Waals surface area contributed by atoms with Crippen LogP contribution in [0.2, 0.25) is 0 Å². The monoisotopic (exact) mass is 394 g/mol. The lowest BCUT2D eigenvalue weighted by atomic mass is 10.2. The lowest BCUT2D eigenvalue weighted by molar-refractivity contribution is 1.29. The highest BCUT2D eigenvalue weighted by Crippen LogP contribution is 2.55. The van der Waals surface area contributed by atoms with Gasteiger partial charge in [-0.2, -0.15) is 0 Å². The Kier molecular flexibility index (Phi) is 3.83. The van der Waals surface area contributed by atoms with Gasteiger partial charge in [-0.3, -0.25) is 0 Å². The minimum atomic E-state index is -0.255. The van der Waals surface area contributed by atoms with Gasteiger partial charge >= 0.3 is 0 Å². The van der Waals surface area contributed by atoms with E-state index in [1.165, 1.54) is 33.9 Å². The summed E-state index contributed by atoms with van der Waals surface area (Å²) in [5.74, 6) is 0. The van der Waals surface area contributed by atoms with Crippen molar-refractivity contribution in [3.05, 3.63) is 97.1 Å². The second-order valence-corrected chi connectivity index (χ2v) is 11.9. The van der Waals surface area contributed by atoms with Crippen LogP contribution in [0.25, 0.3) is 42.0 Å². The van der Waals surface area contributed by atoms with Crippen molar-refractivity contribution in [3.8, 4) is 0 Å². The molecular formula is C26H20P2. The first-order valence-electron chi connectivity index (χ1n) is 9.84. The molecule has 0 amide bonds. The van der Waals surface area contributed by atoms with E-state index < -0.39 is 0 Å². The summed E-state index contributed by atoms with van der Waals surface area (Å²) in [5.41, 5.74) is 0. The van der Waals surface area contributed by atoms with Gasteiger partial charge in [-0.05, 0) is 33.9 Å². The Morgan fingerprint density at radius 3 is 0.893 bits per heavy atom. The molecule has 0 aliphatic carbocycles. The third kappa shape index (κ3) is 2.39. The van der Waals surface area contributed by atoms with E-state index >= 15 is 0 Å². The van der Waals surface area contributed by atoms with Crippen LogP contribution in [0.4, 0.5) is 0 Å². The summed E-state index contributed by atoms with van der Waals surface area (Å²) in [4.78, 5) is 0. The highest BCUT2D eigenvalue weighted by molar-refractivity contribution is 7.64. The molecule has 0 nitrogen and oxygen atoms in total. The summed E-state index contributed by atoms with van der Waals surface area (Å²) >= 11 is 0. The fraction of sp³-hybridized carbons (Fsp3) is 0.0769. The van der Waals surface area contributed by atoms with Gasteiger partial charge in [0, 0.05) is 20.5 Å². The fourth-order valence-corrected chi connectivity index (χ4v) is 10.8. The van der Waals surface area contributed by atoms with Gasteiger partial charge in [-0.25, -0.2) is 0 Å². The van der Waals surface area contributed by atoms with E-state index in [9.17, 15) is 0 Å². The van der Waals surface area contributed by atoms with Crippen molar-refractivity contribution in [2.45, 2.75) is 12.3 Å². The molecule has 0 unspecified atom stereocenters. The smallest absolute Gasteiger partial charge is 0.00240 e. The Morgan fingerprint density at radius 1 is 0.357 bits per heavy atom. The molecule has 6 aromatic rings. The van der Waals surface area contributed by atoms with Crippen LogP contribution in [0.3, 0.4) is 0 Å². The molecular weight excluding hydrogens is 374 g/mol. The molecule has 0 bridgehead atoms. The molecule has 0 aliphatic rings. The van der Waals surface area contributed by atoms with Crippen molar-refractivity contribution >= 4 is 57.1 Å². The molecule has 134 valence electrons. The van der Waals surface area contributed by atoms with Crippen molar-refractivity contribution < 1.29 is 0 Å². The van der Waals surface area contributed by atoms with E-state index in [1.54, 1.807) is 20.5 Å². The Morgan fingerprint density at radius 2 is 0.607 bits per heavy atom. The average Bonchev–Trinajstić information content (AvgIpc) is 3.26. The molecule has 0 N–H and O–H groups in total. The summed E-state index contributed by atoms with van der Waals surface area (Å²) in [6, 6.07) is 36.3. The van der Waals surface area contributed by atoms with Gasteiger partial charge < -0.3 is 0 Å². The van der Waals surface area contributed by atoms with Crippen LogP contribution in [0.5, 0.6) is 0 Å². The van der Waals surface area contributed by atoms with Crippen molar-refractivity contribution in [2.24, 2.45) is 0 Å². The van der Waals surface area contributed by atoms with Crippen LogP contribution < -0.4 is 0 Å². The molecule has 0 radical (unpaired) electrons. The lowest BCUT2D eigenvalue weighted by Crippen LogP contribution is -1.72. The predicted octanol–water partition coefficient (Wildman–Crippen LogP) is 8.97. The van der Waals surface area contributed by atoms with Gasteiger partial charge in [0.15, 0.2) is 0 Å². The van der Waals surface area contributed by atoms with Crippen LogP contribution in [0.15, 0.2) is 97.1 Å². The predicted molar refractivity (Wildman–Crippen MR) is 128 cm³/mol. The summed E-state index contributed by atoms with van der Waals surface area (Å²) in [6.07, 6.45) is 2.55. The number of benzene rings is 4. The van der Waals surface area contributed by atoms with Gasteiger partial charge in [0.1, 0.15) is 0 Å². The molecule has 0 saturated heterocycles. The second-order valence-electron chi connectivity index (χ2n) is 7.37. The Hall–Kier alpha value is -2.52. The largest absolute Gasteiger partial charge is 0.108 e. The van der Waals surface area contributed by atoms with Gasteiger partial charge in [-0.15, -0.1) is 15.1 Å². The summed E-state index contributed by atoms with van der Waals surface area (Å²) in [5, 5.41) is 12.2. The molecule has 2 heteroatoms. The molecule has 0 saturated carbocycles. The third-order valence-electron chi connectivity index (χ3n) is 5.91. The highest BCUT2D eigenvalue weighted by atomic mass is 31.1. The third-order valence-corrected chi connectivity index (χ3v) is 11.5. The van der Waals surface area contributed by atoms with Crippen LogP contribution in [0.1, 0.15) is 0 Å². The first-order valence-corrected chi connectivity index (χ1v) is 12.9. The van der Waals surface area contributed by atoms with Crippen molar-refractivity contribution in [1.29, 1.82) is 0 Å². The summed E-state index contributed by atoms with van der Waals surface area (Å²) < 4.78 is 0. The van der Waals surface area contributed by atoms with E-state index in [2.05, 4.69) is 97.1 Å². The molecule has 0 atom stereocenters. The zero-order valence-electron chi connectivity index (χ0n) is 15.5. The number of hydrogen-bond donors (Lipinski definition) is 0. The average molecular weight is 394 g/mol. The van der Waals surface area contributed by atoms with Crippen molar-refractivity contribution in [1.82, 2.24) is 0 Å². The Bertz CT molecular complexity index is 1250. The van der Waals surface area contributed by atoms with E-state index in [1.807, 2.05) is 0 Å². The standard InChI is InChI=1S/C26H20P2/c1-5-13-23-19(9-1)20-10-2-6-14-24(20)27(23)17-18-28-25-15-7-3-11-21(25)22-12-4-8-16-26(22)28/h1-16H,17-18H2. The number of aryl methyl sites for hydroxylation is 2. The molecule has 6 rings (SSSR count). The van der Waals surface area contributed by atoms with Crippen LogP contribution in [-0.4, -0.2) is 0 Å². The minimum Gasteiger partial charge on any atom is -0.108 e. The summed E-state index contributed by atoms with van der Waals surface area (Å²) in [7, 11) is -0.511. The minimum absolute atomic E-state index is 0.255. The highest BCUT2D eigenvalue weighted by Gasteiger charge is 2.14. The molecule has 0 aliphatic heterocycles. The van der Waals surface area contributed by atoms with Crippen LogP contribution in [-0.2, 0) is 12.3 Å². The molecule has 2 aromatic heterocycles. The van der Waals surface area contributed by atoms with Crippen molar-refractivity contribution in [2.75, 3.05) is 0 Å². The first-order chi connectivity index (χ1) is 13.9. The Labute approximate surface area is 166 Å². The SMILES string of the molecule is c1ccc2c(c1)c1ccccc1p2CCp1c2ccccc2c2ccccc21. The number of rotatable bonds is 3. The molecule has 4 aromatic carbocycles. The van der Waals surface area contributed by atoms with Gasteiger partial charge in [0.2, 0.25) is 0 Å². The van der Waals surface area contributed by atoms with E-state index in [0.29, 0.717) is 0 Å². The quantitative estimate of drug-likeness (QED) is 0.281. The molecule has 2 heterocycles. The van der Waals surface area contributed by atoms with E-state index in [-0.39, 0.29) is 15.1 Å². The van der Waals surface area contributed by atoms with Crippen molar-refractivity contribution in [3.63, 3.8) is 0 Å².